The van der Waals surface area contributed by atoms with E-state index in [4.69, 9.17) is 5.11 Å². The van der Waals surface area contributed by atoms with Crippen molar-refractivity contribution in [2.45, 2.75) is 32.5 Å². The van der Waals surface area contributed by atoms with Gasteiger partial charge in [0.2, 0.25) is 5.95 Å². The summed E-state index contributed by atoms with van der Waals surface area (Å²) in [6.07, 6.45) is -3.97. The first-order valence-electron chi connectivity index (χ1n) is 5.98. The molecule has 0 saturated carbocycles. The number of aliphatic hydroxyl groups is 1. The lowest BCUT2D eigenvalue weighted by molar-refractivity contribution is -0.141. The minimum Gasteiger partial charge on any atom is -0.394 e. The second-order valence-corrected chi connectivity index (χ2v) is 3.92. The predicted molar refractivity (Wildman–Crippen MR) is 66.0 cm³/mol. The van der Waals surface area contributed by atoms with Crippen molar-refractivity contribution in [3.05, 3.63) is 11.8 Å². The summed E-state index contributed by atoms with van der Waals surface area (Å²) in [6.45, 7) is 3.78. The highest BCUT2D eigenvalue weighted by atomic mass is 19.4. The summed E-state index contributed by atoms with van der Waals surface area (Å²) < 4.78 is 38.1. The minimum absolute atomic E-state index is 0.0409. The molecule has 1 rings (SSSR count). The van der Waals surface area contributed by atoms with Crippen LogP contribution in [0.1, 0.15) is 26.0 Å². The third-order valence-electron chi connectivity index (χ3n) is 2.42. The van der Waals surface area contributed by atoms with Gasteiger partial charge < -0.3 is 15.7 Å². The van der Waals surface area contributed by atoms with E-state index in [0.29, 0.717) is 13.0 Å². The number of hydrogen-bond acceptors (Lipinski definition) is 5. The molecule has 108 valence electrons. The Morgan fingerprint density at radius 2 is 2.00 bits per heavy atom. The lowest BCUT2D eigenvalue weighted by Crippen LogP contribution is -2.24. The molecule has 1 heterocycles. The van der Waals surface area contributed by atoms with E-state index < -0.39 is 11.9 Å². The molecule has 1 aromatic rings. The first kappa shape index (κ1) is 15.5. The summed E-state index contributed by atoms with van der Waals surface area (Å²) in [7, 11) is 0. The Morgan fingerprint density at radius 3 is 2.47 bits per heavy atom. The van der Waals surface area contributed by atoms with E-state index in [9.17, 15) is 13.2 Å². The number of aliphatic hydroxyl groups excluding tert-OH is 1. The molecule has 0 aliphatic heterocycles. The summed E-state index contributed by atoms with van der Waals surface area (Å²) >= 11 is 0. The van der Waals surface area contributed by atoms with Gasteiger partial charge in [-0.25, -0.2) is 4.98 Å². The van der Waals surface area contributed by atoms with Crippen molar-refractivity contribution in [2.24, 2.45) is 0 Å². The molecule has 8 heteroatoms. The van der Waals surface area contributed by atoms with Crippen molar-refractivity contribution < 1.29 is 18.3 Å². The molecule has 0 aromatic carbocycles. The monoisotopic (exact) mass is 278 g/mol. The van der Waals surface area contributed by atoms with Gasteiger partial charge in [-0.1, -0.05) is 6.92 Å². The van der Waals surface area contributed by atoms with Crippen LogP contribution in [0.15, 0.2) is 6.07 Å². The van der Waals surface area contributed by atoms with Crippen LogP contribution in [-0.4, -0.2) is 34.3 Å². The Kier molecular flexibility index (Phi) is 5.34. The Morgan fingerprint density at radius 1 is 1.32 bits per heavy atom. The number of nitrogens with zero attached hydrogens (tertiary/aromatic N) is 2. The molecule has 5 nitrogen and oxygen atoms in total. The summed E-state index contributed by atoms with van der Waals surface area (Å²) in [5, 5.41) is 14.4. The maximum atomic E-state index is 12.7. The highest BCUT2D eigenvalue weighted by Crippen LogP contribution is 2.29. The van der Waals surface area contributed by atoms with E-state index in [1.807, 2.05) is 6.92 Å². The summed E-state index contributed by atoms with van der Waals surface area (Å²) in [5.41, 5.74) is -1.02. The van der Waals surface area contributed by atoms with Crippen molar-refractivity contribution in [2.75, 3.05) is 23.8 Å². The molecule has 1 unspecified atom stereocenters. The lowest BCUT2D eigenvalue weighted by atomic mass is 10.2. The lowest BCUT2D eigenvalue weighted by Gasteiger charge is -2.17. The van der Waals surface area contributed by atoms with Crippen LogP contribution in [0.25, 0.3) is 0 Å². The highest BCUT2D eigenvalue weighted by Gasteiger charge is 2.33. The van der Waals surface area contributed by atoms with E-state index in [-0.39, 0.29) is 24.4 Å². The van der Waals surface area contributed by atoms with Gasteiger partial charge in [0.25, 0.3) is 0 Å². The number of hydrogen-bond donors (Lipinski definition) is 3. The number of anilines is 2. The molecule has 0 aliphatic carbocycles. The van der Waals surface area contributed by atoms with Crippen molar-refractivity contribution in [1.29, 1.82) is 0 Å². The van der Waals surface area contributed by atoms with Gasteiger partial charge in [-0.05, 0) is 13.3 Å². The molecule has 0 radical (unpaired) electrons. The Balaban J connectivity index is 3.05. The Bertz CT molecular complexity index is 407. The van der Waals surface area contributed by atoms with E-state index in [2.05, 4.69) is 20.6 Å². The minimum atomic E-state index is -4.54. The molecule has 0 spiro atoms. The average Bonchev–Trinajstić information content (AvgIpc) is 2.35. The maximum Gasteiger partial charge on any atom is 0.433 e. The van der Waals surface area contributed by atoms with Crippen molar-refractivity contribution >= 4 is 11.8 Å². The second kappa shape index (κ2) is 6.55. The van der Waals surface area contributed by atoms with Crippen LogP contribution in [-0.2, 0) is 6.18 Å². The van der Waals surface area contributed by atoms with E-state index in [0.717, 1.165) is 6.07 Å². The topological polar surface area (TPSA) is 70.1 Å². The van der Waals surface area contributed by atoms with Crippen molar-refractivity contribution in [3.63, 3.8) is 0 Å². The normalized spacial score (nSPS) is 13.2. The molecule has 1 atom stereocenters. The standard InChI is InChI=1S/C11H17F3N4O/c1-3-7(6-19)16-9-5-8(11(12,13)14)17-10(18-9)15-4-2/h5,7,19H,3-4,6H2,1-2H3,(H2,15,16,17,18). The first-order valence-corrected chi connectivity index (χ1v) is 5.98. The van der Waals surface area contributed by atoms with Crippen LogP contribution in [0.5, 0.6) is 0 Å². The summed E-state index contributed by atoms with van der Waals surface area (Å²) in [4.78, 5) is 7.33. The molecule has 3 N–H and O–H groups in total. The molecule has 0 amide bonds. The van der Waals surface area contributed by atoms with Crippen molar-refractivity contribution in [3.8, 4) is 0 Å². The number of rotatable bonds is 6. The van der Waals surface area contributed by atoms with Gasteiger partial charge in [0, 0.05) is 12.6 Å². The third-order valence-corrected chi connectivity index (χ3v) is 2.42. The molecule has 19 heavy (non-hydrogen) atoms. The molecule has 0 aliphatic rings. The van der Waals surface area contributed by atoms with Crippen LogP contribution in [0, 0.1) is 0 Å². The van der Waals surface area contributed by atoms with Crippen LogP contribution < -0.4 is 10.6 Å². The Labute approximate surface area is 109 Å². The number of aromatic nitrogens is 2. The van der Waals surface area contributed by atoms with Gasteiger partial charge in [-0.2, -0.15) is 18.2 Å². The quantitative estimate of drug-likeness (QED) is 0.743. The molecule has 0 fully saturated rings. The van der Waals surface area contributed by atoms with Crippen LogP contribution >= 0.6 is 0 Å². The van der Waals surface area contributed by atoms with Gasteiger partial charge >= 0.3 is 6.18 Å². The fraction of sp³-hybridized carbons (Fsp3) is 0.636. The fourth-order valence-electron chi connectivity index (χ4n) is 1.39. The van der Waals surface area contributed by atoms with Gasteiger partial charge in [-0.15, -0.1) is 0 Å². The van der Waals surface area contributed by atoms with Gasteiger partial charge in [0.05, 0.1) is 12.6 Å². The zero-order chi connectivity index (χ0) is 14.5. The number of nitrogens with one attached hydrogen (secondary N) is 2. The third kappa shape index (κ3) is 4.55. The Hall–Kier alpha value is -1.57. The molecule has 0 saturated heterocycles. The molecular formula is C11H17F3N4O. The zero-order valence-corrected chi connectivity index (χ0v) is 10.8. The van der Waals surface area contributed by atoms with Crippen molar-refractivity contribution in [1.82, 2.24) is 9.97 Å². The maximum absolute atomic E-state index is 12.7. The zero-order valence-electron chi connectivity index (χ0n) is 10.8. The second-order valence-electron chi connectivity index (χ2n) is 3.92. The van der Waals surface area contributed by atoms with E-state index in [1.54, 1.807) is 6.92 Å². The van der Waals surface area contributed by atoms with E-state index >= 15 is 0 Å². The smallest absolute Gasteiger partial charge is 0.394 e. The van der Waals surface area contributed by atoms with Gasteiger partial charge in [0.1, 0.15) is 5.82 Å². The summed E-state index contributed by atoms with van der Waals surface area (Å²) in [6, 6.07) is 0.490. The first-order chi connectivity index (χ1) is 8.90. The van der Waals surface area contributed by atoms with Crippen LogP contribution in [0.3, 0.4) is 0 Å². The number of alkyl halides is 3. The van der Waals surface area contributed by atoms with Gasteiger partial charge in [-0.3, -0.25) is 0 Å². The van der Waals surface area contributed by atoms with Gasteiger partial charge in [0.15, 0.2) is 5.69 Å². The predicted octanol–water partition coefficient (Wildman–Crippen LogP) is 2.11. The average molecular weight is 278 g/mol. The summed E-state index contributed by atoms with van der Waals surface area (Å²) in [5.74, 6) is -0.0493. The molecular weight excluding hydrogens is 261 g/mol. The van der Waals surface area contributed by atoms with E-state index in [1.165, 1.54) is 0 Å². The SMILES string of the molecule is CCNc1nc(NC(CC)CO)cc(C(F)(F)F)n1. The van der Waals surface area contributed by atoms with Crippen LogP contribution in [0.2, 0.25) is 0 Å². The number of halogens is 3. The fourth-order valence-corrected chi connectivity index (χ4v) is 1.39. The highest BCUT2D eigenvalue weighted by molar-refractivity contribution is 5.43. The molecule has 0 bridgehead atoms. The molecule has 1 aromatic heterocycles. The largest absolute Gasteiger partial charge is 0.433 e. The van der Waals surface area contributed by atoms with Crippen LogP contribution in [0.4, 0.5) is 24.9 Å².